The van der Waals surface area contributed by atoms with Crippen LogP contribution in [0.3, 0.4) is 0 Å². The van der Waals surface area contributed by atoms with E-state index in [0.717, 1.165) is 55.9 Å². The Labute approximate surface area is 154 Å². The van der Waals surface area contributed by atoms with Crippen LogP contribution in [0.15, 0.2) is 30.5 Å². The number of ether oxygens (including phenoxy) is 1. The molecule has 0 amide bonds. The van der Waals surface area contributed by atoms with E-state index in [4.69, 9.17) is 9.72 Å². The van der Waals surface area contributed by atoms with Crippen LogP contribution in [0.1, 0.15) is 30.3 Å². The summed E-state index contributed by atoms with van der Waals surface area (Å²) >= 11 is 0. The van der Waals surface area contributed by atoms with Gasteiger partial charge in [0.2, 0.25) is 5.95 Å². The molecule has 0 radical (unpaired) electrons. The smallest absolute Gasteiger partial charge is 0.225 e. The Kier molecular flexibility index (Phi) is 5.26. The molecular formula is C19H26N6O. The van der Waals surface area contributed by atoms with E-state index < -0.39 is 0 Å². The van der Waals surface area contributed by atoms with Gasteiger partial charge in [-0.2, -0.15) is 0 Å². The molecule has 2 aliphatic rings. The quantitative estimate of drug-likeness (QED) is 0.882. The Morgan fingerprint density at radius 2 is 2.04 bits per heavy atom. The van der Waals surface area contributed by atoms with Crippen LogP contribution in [-0.2, 0) is 11.3 Å². The number of hydrogen-bond acceptors (Lipinski definition) is 7. The van der Waals surface area contributed by atoms with E-state index in [2.05, 4.69) is 25.1 Å². The first-order valence-corrected chi connectivity index (χ1v) is 9.37. The Balaban J connectivity index is 1.42. The molecule has 26 heavy (non-hydrogen) atoms. The number of nitrogens with zero attached hydrogens (tertiary/aromatic N) is 5. The molecular weight excluding hydrogens is 328 g/mol. The zero-order valence-electron chi connectivity index (χ0n) is 15.3. The van der Waals surface area contributed by atoms with E-state index in [-0.39, 0.29) is 6.10 Å². The highest BCUT2D eigenvalue weighted by Crippen LogP contribution is 2.23. The Morgan fingerprint density at radius 3 is 2.88 bits per heavy atom. The van der Waals surface area contributed by atoms with Crippen LogP contribution in [-0.4, -0.2) is 59.7 Å². The van der Waals surface area contributed by atoms with Crippen molar-refractivity contribution in [3.05, 3.63) is 41.9 Å². The van der Waals surface area contributed by atoms with Crippen molar-refractivity contribution in [2.75, 3.05) is 50.1 Å². The first-order valence-electron chi connectivity index (χ1n) is 9.37. The van der Waals surface area contributed by atoms with Gasteiger partial charge in [-0.3, -0.25) is 4.90 Å². The second kappa shape index (κ2) is 7.97. The maximum Gasteiger partial charge on any atom is 0.225 e. The van der Waals surface area contributed by atoms with Gasteiger partial charge in [-0.1, -0.05) is 6.07 Å². The lowest BCUT2D eigenvalue weighted by Gasteiger charge is -2.32. The molecule has 0 bridgehead atoms. The van der Waals surface area contributed by atoms with Gasteiger partial charge in [-0.05, 0) is 31.0 Å². The molecule has 2 fully saturated rings. The normalized spacial score (nSPS) is 21.1. The molecule has 7 nitrogen and oxygen atoms in total. The van der Waals surface area contributed by atoms with Crippen molar-refractivity contribution in [1.29, 1.82) is 0 Å². The van der Waals surface area contributed by atoms with Crippen LogP contribution in [0.4, 0.5) is 11.8 Å². The van der Waals surface area contributed by atoms with E-state index >= 15 is 0 Å². The first kappa shape index (κ1) is 17.2. The van der Waals surface area contributed by atoms with Crippen molar-refractivity contribution in [1.82, 2.24) is 19.9 Å². The third-order valence-electron chi connectivity index (χ3n) is 4.98. The van der Waals surface area contributed by atoms with E-state index in [0.29, 0.717) is 6.61 Å². The number of morpholine rings is 1. The molecule has 1 atom stereocenters. The third kappa shape index (κ3) is 3.94. The molecule has 138 valence electrons. The van der Waals surface area contributed by atoms with Gasteiger partial charge >= 0.3 is 0 Å². The molecule has 7 heteroatoms. The molecule has 2 saturated heterocycles. The number of pyridine rings is 1. The second-order valence-corrected chi connectivity index (χ2v) is 6.83. The molecule has 0 aliphatic carbocycles. The van der Waals surface area contributed by atoms with E-state index in [9.17, 15) is 0 Å². The Morgan fingerprint density at radius 1 is 1.15 bits per heavy atom. The molecule has 4 rings (SSSR count). The van der Waals surface area contributed by atoms with Crippen molar-refractivity contribution in [2.45, 2.75) is 25.5 Å². The molecule has 4 heterocycles. The SMILES string of the molecule is CNc1cccc([C@H]2CN(Cc3ccnc(N4CCCC4)n3)CCO2)n1. The summed E-state index contributed by atoms with van der Waals surface area (Å²) in [6.07, 6.45) is 4.35. The molecule has 0 unspecified atom stereocenters. The molecule has 2 aromatic rings. The monoisotopic (exact) mass is 354 g/mol. The summed E-state index contributed by atoms with van der Waals surface area (Å²) < 4.78 is 5.96. The largest absolute Gasteiger partial charge is 0.373 e. The maximum absolute atomic E-state index is 5.96. The lowest BCUT2D eigenvalue weighted by Crippen LogP contribution is -2.38. The summed E-state index contributed by atoms with van der Waals surface area (Å²) in [5.74, 6) is 1.74. The number of aromatic nitrogens is 3. The summed E-state index contributed by atoms with van der Waals surface area (Å²) in [6, 6.07) is 8.03. The second-order valence-electron chi connectivity index (χ2n) is 6.83. The van der Waals surface area contributed by atoms with Gasteiger partial charge in [-0.15, -0.1) is 0 Å². The fourth-order valence-corrected chi connectivity index (χ4v) is 3.57. The number of hydrogen-bond donors (Lipinski definition) is 1. The number of nitrogens with one attached hydrogen (secondary N) is 1. The molecule has 2 aromatic heterocycles. The van der Waals surface area contributed by atoms with Crippen LogP contribution in [0.25, 0.3) is 0 Å². The predicted molar refractivity (Wildman–Crippen MR) is 101 cm³/mol. The minimum absolute atomic E-state index is 0.00283. The fraction of sp³-hybridized carbons (Fsp3) is 0.526. The average molecular weight is 354 g/mol. The van der Waals surface area contributed by atoms with Crippen molar-refractivity contribution in [2.24, 2.45) is 0 Å². The topological polar surface area (TPSA) is 66.4 Å². The molecule has 0 saturated carbocycles. The molecule has 2 aliphatic heterocycles. The minimum atomic E-state index is -0.00283. The van der Waals surface area contributed by atoms with Crippen molar-refractivity contribution < 1.29 is 4.74 Å². The molecule has 0 spiro atoms. The fourth-order valence-electron chi connectivity index (χ4n) is 3.57. The van der Waals surface area contributed by atoms with Gasteiger partial charge < -0.3 is 15.0 Å². The predicted octanol–water partition coefficient (Wildman–Crippen LogP) is 2.09. The number of rotatable bonds is 5. The summed E-state index contributed by atoms with van der Waals surface area (Å²) in [4.78, 5) is 18.5. The highest BCUT2D eigenvalue weighted by molar-refractivity contribution is 5.35. The minimum Gasteiger partial charge on any atom is -0.373 e. The third-order valence-corrected chi connectivity index (χ3v) is 4.98. The van der Waals surface area contributed by atoms with E-state index in [1.165, 1.54) is 12.8 Å². The van der Waals surface area contributed by atoms with Gasteiger partial charge in [0.15, 0.2) is 0 Å². The van der Waals surface area contributed by atoms with Gasteiger partial charge in [0.1, 0.15) is 11.9 Å². The lowest BCUT2D eigenvalue weighted by molar-refractivity contribution is -0.0352. The van der Waals surface area contributed by atoms with Crippen molar-refractivity contribution >= 4 is 11.8 Å². The standard InChI is InChI=1S/C19H26N6O/c1-20-18-6-4-5-16(23-18)17-14-24(11-12-26-17)13-15-7-8-21-19(22-15)25-9-2-3-10-25/h4-8,17H,2-3,9-14H2,1H3,(H,20,23)/t17-/m1/s1. The van der Waals surface area contributed by atoms with Crippen molar-refractivity contribution in [3.8, 4) is 0 Å². The van der Waals surface area contributed by atoms with E-state index in [1.54, 1.807) is 0 Å². The highest BCUT2D eigenvalue weighted by Gasteiger charge is 2.24. The summed E-state index contributed by atoms with van der Waals surface area (Å²) in [7, 11) is 1.88. The maximum atomic E-state index is 5.96. The van der Waals surface area contributed by atoms with Gasteiger partial charge in [0.25, 0.3) is 0 Å². The zero-order valence-corrected chi connectivity index (χ0v) is 15.3. The molecule has 0 aromatic carbocycles. The van der Waals surface area contributed by atoms with Crippen LogP contribution in [0.5, 0.6) is 0 Å². The van der Waals surface area contributed by atoms with Crippen LogP contribution in [0, 0.1) is 0 Å². The Bertz CT molecular complexity index is 733. The zero-order chi connectivity index (χ0) is 17.8. The Hall–Kier alpha value is -2.25. The summed E-state index contributed by atoms with van der Waals surface area (Å²) in [5.41, 5.74) is 2.04. The average Bonchev–Trinajstić information content (AvgIpc) is 3.23. The summed E-state index contributed by atoms with van der Waals surface area (Å²) in [5, 5.41) is 3.09. The lowest BCUT2D eigenvalue weighted by atomic mass is 10.2. The van der Waals surface area contributed by atoms with Crippen molar-refractivity contribution in [3.63, 3.8) is 0 Å². The van der Waals surface area contributed by atoms with Crippen LogP contribution in [0.2, 0.25) is 0 Å². The van der Waals surface area contributed by atoms with Gasteiger partial charge in [0, 0.05) is 46.0 Å². The highest BCUT2D eigenvalue weighted by atomic mass is 16.5. The van der Waals surface area contributed by atoms with Gasteiger partial charge in [-0.25, -0.2) is 15.0 Å². The van der Waals surface area contributed by atoms with Gasteiger partial charge in [0.05, 0.1) is 18.0 Å². The van der Waals surface area contributed by atoms with Crippen LogP contribution < -0.4 is 10.2 Å². The van der Waals surface area contributed by atoms with Crippen LogP contribution >= 0.6 is 0 Å². The number of anilines is 2. The molecule has 1 N–H and O–H groups in total. The summed E-state index contributed by atoms with van der Waals surface area (Å²) in [6.45, 7) is 5.39. The van der Waals surface area contributed by atoms with E-state index in [1.807, 2.05) is 37.5 Å². The first-order chi connectivity index (χ1) is 12.8.